The topological polar surface area (TPSA) is 72.2 Å². The van der Waals surface area contributed by atoms with Crippen molar-refractivity contribution in [3.63, 3.8) is 0 Å². The minimum atomic E-state index is -3.71. The second-order valence-corrected chi connectivity index (χ2v) is 7.97. The minimum Gasteiger partial charge on any atom is -0.322 e. The summed E-state index contributed by atoms with van der Waals surface area (Å²) in [4.78, 5) is 0.226. The third kappa shape index (κ3) is 5.37. The Morgan fingerprint density at radius 3 is 1.78 bits per heavy atom. The maximum atomic E-state index is 12.9. The smallest absolute Gasteiger partial charge is 0.322 e. The summed E-state index contributed by atoms with van der Waals surface area (Å²) in [6.45, 7) is 1.92. The van der Waals surface area contributed by atoms with E-state index in [2.05, 4.69) is 4.72 Å². The van der Waals surface area contributed by atoms with Gasteiger partial charge in [0.25, 0.3) is 0 Å². The Bertz CT molecular complexity index is 946. The molecule has 0 bridgehead atoms. The molecule has 0 saturated heterocycles. The molecule has 3 aromatic rings. The van der Waals surface area contributed by atoms with E-state index < -0.39 is 22.1 Å². The molecule has 4 nitrogen and oxygen atoms in total. The van der Waals surface area contributed by atoms with Crippen molar-refractivity contribution in [1.29, 1.82) is 0 Å². The van der Waals surface area contributed by atoms with Crippen molar-refractivity contribution in [2.24, 2.45) is 5.73 Å². The summed E-state index contributed by atoms with van der Waals surface area (Å²) >= 11 is 0. The molecule has 0 aliphatic heterocycles. The maximum Gasteiger partial charge on any atom is 4.00 e. The molecule has 3 aromatic carbocycles. The molecule has 0 fully saturated rings. The first-order valence-electron chi connectivity index (χ1n) is 8.42. The fourth-order valence-corrected chi connectivity index (χ4v) is 4.08. The molecular weight excluding hydrogens is 392 g/mol. The predicted octanol–water partition coefficient (Wildman–Crippen LogP) is 3.71. The van der Waals surface area contributed by atoms with E-state index in [1.54, 1.807) is 24.3 Å². The maximum absolute atomic E-state index is 12.9. The average molecular weight is 414 g/mol. The van der Waals surface area contributed by atoms with Crippen LogP contribution in [-0.4, -0.2) is 8.42 Å². The van der Waals surface area contributed by atoms with Crippen LogP contribution in [0.1, 0.15) is 28.8 Å². The number of hydrogen-bond donors (Lipinski definition) is 2. The van der Waals surface area contributed by atoms with Gasteiger partial charge in [0, 0.05) is 0 Å². The number of sulfonamides is 1. The predicted molar refractivity (Wildman–Crippen MR) is 104 cm³/mol. The van der Waals surface area contributed by atoms with Gasteiger partial charge in [-0.05, 0) is 30.2 Å². The zero-order valence-electron chi connectivity index (χ0n) is 15.0. The van der Waals surface area contributed by atoms with E-state index in [9.17, 15) is 8.42 Å². The van der Waals surface area contributed by atoms with Crippen LogP contribution < -0.4 is 10.5 Å². The van der Waals surface area contributed by atoms with Crippen LogP contribution >= 0.6 is 0 Å². The molecule has 27 heavy (non-hydrogen) atoms. The van der Waals surface area contributed by atoms with Crippen LogP contribution in [0.2, 0.25) is 0 Å². The third-order valence-corrected chi connectivity index (χ3v) is 5.77. The van der Waals surface area contributed by atoms with E-state index in [0.717, 1.165) is 16.7 Å². The van der Waals surface area contributed by atoms with Crippen molar-refractivity contribution in [2.45, 2.75) is 23.9 Å². The van der Waals surface area contributed by atoms with Crippen LogP contribution in [0.15, 0.2) is 89.8 Å². The van der Waals surface area contributed by atoms with Crippen molar-refractivity contribution in [3.8, 4) is 0 Å². The Labute approximate surface area is 175 Å². The molecule has 0 heterocycles. The van der Waals surface area contributed by atoms with Gasteiger partial charge in [0.1, 0.15) is 0 Å². The molecule has 6 heteroatoms. The van der Waals surface area contributed by atoms with E-state index >= 15 is 0 Å². The van der Waals surface area contributed by atoms with Crippen molar-refractivity contribution in [2.75, 3.05) is 0 Å². The summed E-state index contributed by atoms with van der Waals surface area (Å²) < 4.78 is 28.6. The standard InChI is InChI=1S/C21H22N2O2S.Ti/c1-16-12-14-19(15-13-16)26(24,25)23-21(18-10-6-3-7-11-18)20(22)17-8-4-2-5-9-17;/h2-15,20-21,23H,22H2,1H3;/q;+4/t20-,21-;/m1./s1. The van der Waals surface area contributed by atoms with E-state index in [0.29, 0.717) is 0 Å². The first kappa shape index (κ1) is 21.5. The van der Waals surface area contributed by atoms with E-state index in [1.165, 1.54) is 0 Å². The van der Waals surface area contributed by atoms with Crippen molar-refractivity contribution < 1.29 is 30.1 Å². The van der Waals surface area contributed by atoms with Crippen LogP contribution in [0, 0.1) is 6.92 Å². The van der Waals surface area contributed by atoms with E-state index in [1.807, 2.05) is 67.6 Å². The molecule has 134 valence electrons. The molecule has 0 unspecified atom stereocenters. The largest absolute Gasteiger partial charge is 4.00 e. The first-order valence-corrected chi connectivity index (χ1v) is 9.90. The Morgan fingerprint density at radius 2 is 1.26 bits per heavy atom. The van der Waals surface area contributed by atoms with Gasteiger partial charge in [-0.2, -0.15) is 0 Å². The molecule has 0 spiro atoms. The molecular formula is C21H22N2O2STi+4. The van der Waals surface area contributed by atoms with Crippen LogP contribution in [0.25, 0.3) is 0 Å². The van der Waals surface area contributed by atoms with Crippen LogP contribution in [0.5, 0.6) is 0 Å². The van der Waals surface area contributed by atoms with Crippen molar-refractivity contribution in [1.82, 2.24) is 4.72 Å². The molecule has 0 aliphatic carbocycles. The number of rotatable bonds is 6. The molecule has 0 saturated carbocycles. The van der Waals surface area contributed by atoms with Gasteiger partial charge in [-0.1, -0.05) is 78.4 Å². The summed E-state index contributed by atoms with van der Waals surface area (Å²) in [5.74, 6) is 0. The van der Waals surface area contributed by atoms with E-state index in [4.69, 9.17) is 5.73 Å². The van der Waals surface area contributed by atoms with Crippen molar-refractivity contribution in [3.05, 3.63) is 102 Å². The molecule has 0 aromatic heterocycles. The molecule has 2 atom stereocenters. The quantitative estimate of drug-likeness (QED) is 0.604. The monoisotopic (exact) mass is 414 g/mol. The van der Waals surface area contributed by atoms with Crippen molar-refractivity contribution >= 4 is 10.0 Å². The number of hydrogen-bond acceptors (Lipinski definition) is 3. The van der Waals surface area contributed by atoms with Gasteiger partial charge in [-0.3, -0.25) is 0 Å². The SMILES string of the molecule is Cc1ccc(S(=O)(=O)N[C@H](c2ccccc2)[C@H](N)c2ccccc2)cc1.[Ti+4]. The molecule has 0 aliphatic rings. The zero-order valence-corrected chi connectivity index (χ0v) is 17.4. The van der Waals surface area contributed by atoms with Gasteiger partial charge in [-0.25, -0.2) is 13.1 Å². The second kappa shape index (κ2) is 9.44. The molecule has 3 N–H and O–H groups in total. The number of nitrogens with one attached hydrogen (secondary N) is 1. The Balaban J connectivity index is 0.00000261. The number of benzene rings is 3. The van der Waals surface area contributed by atoms with Gasteiger partial charge in [0.15, 0.2) is 0 Å². The fraction of sp³-hybridized carbons (Fsp3) is 0.143. The Hall–Kier alpha value is -1.76. The summed E-state index contributed by atoms with van der Waals surface area (Å²) in [5.41, 5.74) is 9.15. The minimum absolute atomic E-state index is 0. The van der Waals surface area contributed by atoms with Crippen LogP contribution in [-0.2, 0) is 31.7 Å². The van der Waals surface area contributed by atoms with Crippen LogP contribution in [0.4, 0.5) is 0 Å². The first-order chi connectivity index (χ1) is 12.5. The van der Waals surface area contributed by atoms with Gasteiger partial charge >= 0.3 is 21.7 Å². The van der Waals surface area contributed by atoms with Gasteiger partial charge in [0.05, 0.1) is 17.0 Å². The molecule has 0 amide bonds. The fourth-order valence-electron chi connectivity index (χ4n) is 2.83. The summed E-state index contributed by atoms with van der Waals surface area (Å²) in [5, 5.41) is 0. The normalized spacial score (nSPS) is 13.4. The van der Waals surface area contributed by atoms with Crippen LogP contribution in [0.3, 0.4) is 0 Å². The number of aryl methyl sites for hydroxylation is 1. The summed E-state index contributed by atoms with van der Waals surface area (Å²) in [6.07, 6.45) is 0. The Morgan fingerprint density at radius 1 is 0.778 bits per heavy atom. The van der Waals surface area contributed by atoms with Gasteiger partial charge < -0.3 is 5.73 Å². The second-order valence-electron chi connectivity index (χ2n) is 6.26. The average Bonchev–Trinajstić information content (AvgIpc) is 2.67. The zero-order chi connectivity index (χ0) is 18.6. The van der Waals surface area contributed by atoms with Gasteiger partial charge in [0.2, 0.25) is 10.0 Å². The molecule has 3 rings (SSSR count). The summed E-state index contributed by atoms with van der Waals surface area (Å²) in [7, 11) is -3.71. The summed E-state index contributed by atoms with van der Waals surface area (Å²) in [6, 6.07) is 24.6. The molecule has 0 radical (unpaired) electrons. The Kier molecular flexibility index (Phi) is 7.53. The number of nitrogens with two attached hydrogens (primary N) is 1. The van der Waals surface area contributed by atoms with Gasteiger partial charge in [-0.15, -0.1) is 0 Å². The third-order valence-electron chi connectivity index (χ3n) is 4.32. The van der Waals surface area contributed by atoms with E-state index in [-0.39, 0.29) is 26.6 Å².